The van der Waals surface area contributed by atoms with Crippen LogP contribution in [0.25, 0.3) is 16.5 Å². The summed E-state index contributed by atoms with van der Waals surface area (Å²) in [6.07, 6.45) is 3.61. The molecule has 0 fully saturated rings. The second kappa shape index (κ2) is 3.62. The van der Waals surface area contributed by atoms with Crippen LogP contribution in [0.4, 0.5) is 0 Å². The van der Waals surface area contributed by atoms with Crippen molar-refractivity contribution >= 4 is 16.5 Å². The molecule has 0 radical (unpaired) electrons. The molecule has 2 heteroatoms. The van der Waals surface area contributed by atoms with Gasteiger partial charge in [-0.05, 0) is 36.3 Å². The fraction of sp³-hybridized carbons (Fsp3) is 0.154. The molecule has 15 heavy (non-hydrogen) atoms. The van der Waals surface area contributed by atoms with Crippen LogP contribution in [0, 0.1) is 11.3 Å². The van der Waals surface area contributed by atoms with Crippen LogP contribution < -0.4 is 0 Å². The summed E-state index contributed by atoms with van der Waals surface area (Å²) >= 11 is 0. The monoisotopic (exact) mass is 196 g/mol. The third-order valence-electron chi connectivity index (χ3n) is 2.62. The summed E-state index contributed by atoms with van der Waals surface area (Å²) in [5.41, 5.74) is 3.32. The van der Waals surface area contributed by atoms with Crippen molar-refractivity contribution in [2.24, 2.45) is 7.05 Å². The molecular formula is C13H12N2. The predicted molar refractivity (Wildman–Crippen MR) is 62.2 cm³/mol. The van der Waals surface area contributed by atoms with Crippen LogP contribution in [0.1, 0.15) is 12.5 Å². The van der Waals surface area contributed by atoms with Gasteiger partial charge < -0.3 is 4.57 Å². The van der Waals surface area contributed by atoms with Crippen molar-refractivity contribution in [1.82, 2.24) is 4.57 Å². The summed E-state index contributed by atoms with van der Waals surface area (Å²) < 4.78 is 2.09. The Bertz CT molecular complexity index is 568. The van der Waals surface area contributed by atoms with Gasteiger partial charge in [0.05, 0.1) is 6.07 Å². The molecule has 0 atom stereocenters. The summed E-state index contributed by atoms with van der Waals surface area (Å²) in [5, 5.41) is 9.79. The molecule has 0 aliphatic rings. The molecule has 0 spiro atoms. The molecule has 0 saturated carbocycles. The van der Waals surface area contributed by atoms with Crippen molar-refractivity contribution in [1.29, 1.82) is 5.26 Å². The Morgan fingerprint density at radius 1 is 1.40 bits per heavy atom. The first-order chi connectivity index (χ1) is 7.22. The van der Waals surface area contributed by atoms with E-state index >= 15 is 0 Å². The lowest BCUT2D eigenvalue weighted by molar-refractivity contribution is 0.969. The number of fused-ring (bicyclic) bond motifs is 1. The van der Waals surface area contributed by atoms with Gasteiger partial charge in [-0.2, -0.15) is 5.26 Å². The van der Waals surface area contributed by atoms with Gasteiger partial charge >= 0.3 is 0 Å². The summed E-state index contributed by atoms with van der Waals surface area (Å²) in [6, 6.07) is 10.4. The molecule has 2 rings (SSSR count). The van der Waals surface area contributed by atoms with Gasteiger partial charge in [0.1, 0.15) is 0 Å². The molecular weight excluding hydrogens is 184 g/mol. The van der Waals surface area contributed by atoms with Crippen LogP contribution in [0.2, 0.25) is 0 Å². The Morgan fingerprint density at radius 3 is 2.93 bits per heavy atom. The van der Waals surface area contributed by atoms with E-state index < -0.39 is 0 Å². The molecule has 0 saturated heterocycles. The molecule has 0 amide bonds. The minimum absolute atomic E-state index is 1.00. The molecule has 2 aromatic rings. The molecule has 1 aromatic heterocycles. The normalized spacial score (nSPS) is 11.7. The van der Waals surface area contributed by atoms with Gasteiger partial charge in [-0.1, -0.05) is 6.07 Å². The van der Waals surface area contributed by atoms with Crippen molar-refractivity contribution < 1.29 is 0 Å². The molecule has 2 nitrogen and oxygen atoms in total. The number of aromatic nitrogens is 1. The Hall–Kier alpha value is -2.01. The third kappa shape index (κ3) is 1.64. The lowest BCUT2D eigenvalue weighted by Gasteiger charge is -2.01. The van der Waals surface area contributed by atoms with Crippen LogP contribution in [-0.2, 0) is 7.05 Å². The summed E-state index contributed by atoms with van der Waals surface area (Å²) in [6.45, 7) is 1.95. The molecule has 0 bridgehead atoms. The van der Waals surface area contributed by atoms with E-state index in [0.717, 1.165) is 11.1 Å². The highest BCUT2D eigenvalue weighted by atomic mass is 14.9. The topological polar surface area (TPSA) is 28.7 Å². The first-order valence-corrected chi connectivity index (χ1v) is 4.84. The summed E-state index contributed by atoms with van der Waals surface area (Å²) in [4.78, 5) is 0. The van der Waals surface area contributed by atoms with Crippen molar-refractivity contribution in [3.63, 3.8) is 0 Å². The molecule has 0 N–H and O–H groups in total. The summed E-state index contributed by atoms with van der Waals surface area (Å²) in [7, 11) is 2.03. The number of allylic oxidation sites excluding steroid dienone is 2. The van der Waals surface area contributed by atoms with Crippen LogP contribution in [-0.4, -0.2) is 4.57 Å². The highest BCUT2D eigenvalue weighted by Crippen LogP contribution is 2.21. The predicted octanol–water partition coefficient (Wildman–Crippen LogP) is 3.11. The zero-order valence-electron chi connectivity index (χ0n) is 8.86. The number of nitriles is 1. The fourth-order valence-corrected chi connectivity index (χ4v) is 1.71. The van der Waals surface area contributed by atoms with E-state index in [1.165, 1.54) is 10.9 Å². The smallest absolute Gasteiger partial charge is 0.0915 e. The number of aryl methyl sites for hydroxylation is 1. The Labute approximate surface area is 89.1 Å². The lowest BCUT2D eigenvalue weighted by Crippen LogP contribution is -1.84. The van der Waals surface area contributed by atoms with E-state index in [1.54, 1.807) is 6.08 Å². The van der Waals surface area contributed by atoms with Crippen molar-refractivity contribution in [2.75, 3.05) is 0 Å². The Morgan fingerprint density at radius 2 is 2.20 bits per heavy atom. The largest absolute Gasteiger partial charge is 0.351 e. The van der Waals surface area contributed by atoms with Gasteiger partial charge in [0.25, 0.3) is 0 Å². The van der Waals surface area contributed by atoms with Gasteiger partial charge in [-0.3, -0.25) is 0 Å². The van der Waals surface area contributed by atoms with Crippen LogP contribution in [0.5, 0.6) is 0 Å². The maximum Gasteiger partial charge on any atom is 0.0915 e. The van der Waals surface area contributed by atoms with Gasteiger partial charge in [0.2, 0.25) is 0 Å². The highest BCUT2D eigenvalue weighted by Gasteiger charge is 2.00. The number of hydrogen-bond acceptors (Lipinski definition) is 1. The molecule has 0 unspecified atom stereocenters. The number of hydrogen-bond donors (Lipinski definition) is 0. The first kappa shape index (κ1) is 9.54. The molecule has 74 valence electrons. The molecule has 0 aliphatic carbocycles. The number of nitrogens with zero attached hydrogens (tertiary/aromatic N) is 2. The molecule has 1 heterocycles. The number of rotatable bonds is 1. The van der Waals surface area contributed by atoms with Gasteiger partial charge in [-0.15, -0.1) is 0 Å². The minimum atomic E-state index is 1.00. The van der Waals surface area contributed by atoms with Gasteiger partial charge in [0.15, 0.2) is 0 Å². The van der Waals surface area contributed by atoms with Gasteiger partial charge in [0, 0.05) is 30.2 Å². The van der Waals surface area contributed by atoms with Crippen LogP contribution >= 0.6 is 0 Å². The average molecular weight is 196 g/mol. The quantitative estimate of drug-likeness (QED) is 0.644. The lowest BCUT2D eigenvalue weighted by atomic mass is 10.1. The van der Waals surface area contributed by atoms with Crippen LogP contribution in [0.3, 0.4) is 0 Å². The third-order valence-corrected chi connectivity index (χ3v) is 2.62. The molecule has 1 aromatic carbocycles. The first-order valence-electron chi connectivity index (χ1n) is 4.84. The van der Waals surface area contributed by atoms with Crippen molar-refractivity contribution in [3.05, 3.63) is 42.1 Å². The molecule has 0 aliphatic heterocycles. The standard InChI is InChI=1S/C13H12N2/c1-10(5-7-14)11-3-4-13-12(9-11)6-8-15(13)2/h3-6,8-9H,1-2H3/b10-5+. The van der Waals surface area contributed by atoms with Crippen molar-refractivity contribution in [3.8, 4) is 6.07 Å². The zero-order valence-corrected chi connectivity index (χ0v) is 8.86. The number of benzene rings is 1. The Kier molecular flexibility index (Phi) is 2.31. The van der Waals surface area contributed by atoms with Gasteiger partial charge in [-0.25, -0.2) is 0 Å². The summed E-state index contributed by atoms with van der Waals surface area (Å²) in [5.74, 6) is 0. The zero-order chi connectivity index (χ0) is 10.8. The van der Waals surface area contributed by atoms with E-state index in [1.807, 2.05) is 26.2 Å². The average Bonchev–Trinajstić information content (AvgIpc) is 2.60. The van der Waals surface area contributed by atoms with E-state index in [4.69, 9.17) is 5.26 Å². The minimum Gasteiger partial charge on any atom is -0.351 e. The second-order valence-corrected chi connectivity index (χ2v) is 3.66. The van der Waals surface area contributed by atoms with E-state index in [2.05, 4.69) is 28.8 Å². The maximum atomic E-state index is 8.58. The van der Waals surface area contributed by atoms with E-state index in [-0.39, 0.29) is 0 Å². The SMILES string of the molecule is C/C(=C\C#N)c1ccc2c(ccn2C)c1. The van der Waals surface area contributed by atoms with E-state index in [9.17, 15) is 0 Å². The second-order valence-electron chi connectivity index (χ2n) is 3.66. The van der Waals surface area contributed by atoms with Crippen molar-refractivity contribution in [2.45, 2.75) is 6.92 Å². The van der Waals surface area contributed by atoms with Crippen LogP contribution in [0.15, 0.2) is 36.5 Å². The Balaban J connectivity index is 2.58. The fourth-order valence-electron chi connectivity index (χ4n) is 1.71. The van der Waals surface area contributed by atoms with E-state index in [0.29, 0.717) is 0 Å². The maximum absolute atomic E-state index is 8.58. The highest BCUT2D eigenvalue weighted by molar-refractivity contribution is 5.84.